The predicted octanol–water partition coefficient (Wildman–Crippen LogP) is 2.53. The molecular weight excluding hydrogens is 222 g/mol. The number of nitrogens with one attached hydrogen (secondary N) is 1. The van der Waals surface area contributed by atoms with Gasteiger partial charge in [0.2, 0.25) is 0 Å². The third kappa shape index (κ3) is 3.05. The Labute approximate surface area is 112 Å². The standard InChI is InChI=1S/C15H27N3/c1-4-15(5-2)8-9-18(12-15)11-14(3,10-16)17-13-6-7-13/h13,17H,4-9,11-12H2,1-3H3. The number of rotatable bonds is 6. The molecule has 1 atom stereocenters. The minimum atomic E-state index is -0.362. The van der Waals surface area contributed by atoms with Gasteiger partial charge in [-0.2, -0.15) is 5.26 Å². The monoisotopic (exact) mass is 249 g/mol. The molecule has 1 saturated heterocycles. The van der Waals surface area contributed by atoms with E-state index >= 15 is 0 Å². The van der Waals surface area contributed by atoms with E-state index in [1.54, 1.807) is 0 Å². The van der Waals surface area contributed by atoms with Crippen molar-refractivity contribution in [2.45, 2.75) is 64.5 Å². The molecule has 0 radical (unpaired) electrons. The quantitative estimate of drug-likeness (QED) is 0.786. The highest BCUT2D eigenvalue weighted by Crippen LogP contribution is 2.37. The highest BCUT2D eigenvalue weighted by molar-refractivity contribution is 5.09. The van der Waals surface area contributed by atoms with E-state index in [1.165, 1.54) is 38.6 Å². The van der Waals surface area contributed by atoms with Crippen molar-refractivity contribution in [3.8, 4) is 6.07 Å². The number of nitriles is 1. The summed E-state index contributed by atoms with van der Waals surface area (Å²) in [7, 11) is 0. The lowest BCUT2D eigenvalue weighted by Gasteiger charge is -2.31. The van der Waals surface area contributed by atoms with Crippen LogP contribution in [0.5, 0.6) is 0 Å². The first-order valence-corrected chi connectivity index (χ1v) is 7.46. The second kappa shape index (κ2) is 5.19. The smallest absolute Gasteiger partial charge is 0.116 e. The van der Waals surface area contributed by atoms with Crippen LogP contribution in [-0.4, -0.2) is 36.1 Å². The van der Waals surface area contributed by atoms with Gasteiger partial charge in [-0.25, -0.2) is 0 Å². The van der Waals surface area contributed by atoms with Crippen molar-refractivity contribution < 1.29 is 0 Å². The maximum Gasteiger partial charge on any atom is 0.116 e. The van der Waals surface area contributed by atoms with Crippen molar-refractivity contribution in [3.63, 3.8) is 0 Å². The molecule has 3 nitrogen and oxygen atoms in total. The Morgan fingerprint density at radius 1 is 1.39 bits per heavy atom. The molecule has 2 fully saturated rings. The van der Waals surface area contributed by atoms with Crippen molar-refractivity contribution in [2.75, 3.05) is 19.6 Å². The van der Waals surface area contributed by atoms with Gasteiger partial charge in [-0.1, -0.05) is 13.8 Å². The summed E-state index contributed by atoms with van der Waals surface area (Å²) >= 11 is 0. The molecule has 0 spiro atoms. The first-order chi connectivity index (χ1) is 8.55. The average Bonchev–Trinajstić information content (AvgIpc) is 3.08. The first-order valence-electron chi connectivity index (χ1n) is 7.46. The topological polar surface area (TPSA) is 39.1 Å². The molecule has 1 N–H and O–H groups in total. The van der Waals surface area contributed by atoms with E-state index in [2.05, 4.69) is 37.1 Å². The average molecular weight is 249 g/mol. The van der Waals surface area contributed by atoms with Gasteiger partial charge in [0.1, 0.15) is 5.54 Å². The van der Waals surface area contributed by atoms with E-state index in [0.717, 1.165) is 13.1 Å². The molecule has 2 rings (SSSR count). The highest BCUT2D eigenvalue weighted by atomic mass is 15.2. The predicted molar refractivity (Wildman–Crippen MR) is 74.2 cm³/mol. The molecule has 1 unspecified atom stereocenters. The zero-order valence-corrected chi connectivity index (χ0v) is 12.1. The Morgan fingerprint density at radius 3 is 2.50 bits per heavy atom. The van der Waals surface area contributed by atoms with Gasteiger partial charge in [-0.05, 0) is 51.0 Å². The van der Waals surface area contributed by atoms with E-state index in [4.69, 9.17) is 0 Å². The summed E-state index contributed by atoms with van der Waals surface area (Å²) in [5, 5.41) is 12.9. The molecular formula is C15H27N3. The lowest BCUT2D eigenvalue weighted by molar-refractivity contribution is 0.210. The van der Waals surface area contributed by atoms with E-state index in [1.807, 2.05) is 0 Å². The van der Waals surface area contributed by atoms with Crippen LogP contribution >= 0.6 is 0 Å². The molecule has 0 aromatic rings. The molecule has 1 aliphatic heterocycles. The van der Waals surface area contributed by atoms with Gasteiger partial charge < -0.3 is 0 Å². The summed E-state index contributed by atoms with van der Waals surface area (Å²) in [4.78, 5) is 2.49. The van der Waals surface area contributed by atoms with Crippen LogP contribution in [-0.2, 0) is 0 Å². The molecule has 102 valence electrons. The van der Waals surface area contributed by atoms with Gasteiger partial charge in [0.25, 0.3) is 0 Å². The summed E-state index contributed by atoms with van der Waals surface area (Å²) in [5.74, 6) is 0. The normalized spacial score (nSPS) is 26.8. The Kier molecular flexibility index (Phi) is 3.99. The van der Waals surface area contributed by atoms with Crippen LogP contribution in [0.2, 0.25) is 0 Å². The Balaban J connectivity index is 1.91. The van der Waals surface area contributed by atoms with Crippen LogP contribution in [0.15, 0.2) is 0 Å². The number of nitrogens with zero attached hydrogens (tertiary/aromatic N) is 2. The van der Waals surface area contributed by atoms with Gasteiger partial charge >= 0.3 is 0 Å². The largest absolute Gasteiger partial charge is 0.300 e. The van der Waals surface area contributed by atoms with E-state index in [-0.39, 0.29) is 5.54 Å². The fourth-order valence-corrected chi connectivity index (χ4v) is 3.23. The van der Waals surface area contributed by atoms with Crippen molar-refractivity contribution in [2.24, 2.45) is 5.41 Å². The molecule has 2 aliphatic rings. The highest BCUT2D eigenvalue weighted by Gasteiger charge is 2.39. The molecule has 1 saturated carbocycles. The third-order valence-electron chi connectivity index (χ3n) is 4.90. The zero-order chi connectivity index (χ0) is 13.2. The first kappa shape index (κ1) is 13.8. The van der Waals surface area contributed by atoms with E-state index < -0.39 is 0 Å². The maximum atomic E-state index is 9.43. The van der Waals surface area contributed by atoms with Crippen LogP contribution in [0, 0.1) is 16.7 Å². The Morgan fingerprint density at radius 2 is 2.06 bits per heavy atom. The maximum absolute atomic E-state index is 9.43. The van der Waals surface area contributed by atoms with Gasteiger partial charge in [0.05, 0.1) is 6.07 Å². The van der Waals surface area contributed by atoms with E-state index in [9.17, 15) is 5.26 Å². The van der Waals surface area contributed by atoms with Crippen LogP contribution in [0.4, 0.5) is 0 Å². The Bertz CT molecular complexity index is 325. The van der Waals surface area contributed by atoms with Gasteiger partial charge in [0, 0.05) is 19.1 Å². The van der Waals surface area contributed by atoms with Crippen LogP contribution < -0.4 is 5.32 Å². The molecule has 1 heterocycles. The van der Waals surface area contributed by atoms with Gasteiger partial charge in [-0.3, -0.25) is 10.2 Å². The van der Waals surface area contributed by atoms with Crippen molar-refractivity contribution >= 4 is 0 Å². The second-order valence-electron chi connectivity index (χ2n) is 6.53. The summed E-state index contributed by atoms with van der Waals surface area (Å²) in [5.41, 5.74) is 0.147. The van der Waals surface area contributed by atoms with Crippen molar-refractivity contribution in [3.05, 3.63) is 0 Å². The van der Waals surface area contributed by atoms with Crippen molar-refractivity contribution in [1.29, 1.82) is 5.26 Å². The van der Waals surface area contributed by atoms with Crippen LogP contribution in [0.1, 0.15) is 52.9 Å². The number of likely N-dealkylation sites (tertiary alicyclic amines) is 1. The summed E-state index contributed by atoms with van der Waals surface area (Å²) in [6, 6.07) is 3.08. The second-order valence-corrected chi connectivity index (χ2v) is 6.53. The fraction of sp³-hybridized carbons (Fsp3) is 0.933. The Hall–Kier alpha value is -0.590. The lowest BCUT2D eigenvalue weighted by atomic mass is 9.82. The van der Waals surface area contributed by atoms with Crippen molar-refractivity contribution in [1.82, 2.24) is 10.2 Å². The molecule has 3 heteroatoms. The summed E-state index contributed by atoms with van der Waals surface area (Å²) in [6.45, 7) is 9.87. The molecule has 0 aromatic carbocycles. The molecule has 18 heavy (non-hydrogen) atoms. The molecule has 1 aliphatic carbocycles. The molecule has 0 aromatic heterocycles. The minimum absolute atomic E-state index is 0.362. The molecule has 0 bridgehead atoms. The van der Waals surface area contributed by atoms with Crippen LogP contribution in [0.25, 0.3) is 0 Å². The summed E-state index contributed by atoms with van der Waals surface area (Å²) < 4.78 is 0. The van der Waals surface area contributed by atoms with Gasteiger partial charge in [0.15, 0.2) is 0 Å². The number of hydrogen-bond donors (Lipinski definition) is 1. The lowest BCUT2D eigenvalue weighted by Crippen LogP contribution is -2.51. The molecule has 0 amide bonds. The zero-order valence-electron chi connectivity index (χ0n) is 12.1. The minimum Gasteiger partial charge on any atom is -0.300 e. The van der Waals surface area contributed by atoms with Gasteiger partial charge in [-0.15, -0.1) is 0 Å². The third-order valence-corrected chi connectivity index (χ3v) is 4.90. The van der Waals surface area contributed by atoms with E-state index in [0.29, 0.717) is 11.5 Å². The van der Waals surface area contributed by atoms with Crippen LogP contribution in [0.3, 0.4) is 0 Å². The number of hydrogen-bond acceptors (Lipinski definition) is 3. The fourth-order valence-electron chi connectivity index (χ4n) is 3.23. The SMILES string of the molecule is CCC1(CC)CCN(CC(C)(C#N)NC2CC2)C1. The summed E-state index contributed by atoms with van der Waals surface area (Å²) in [6.07, 6.45) is 6.31.